The number of amides is 1. The third kappa shape index (κ3) is 5.22. The van der Waals surface area contributed by atoms with Gasteiger partial charge in [0.05, 0.1) is 6.61 Å². The minimum absolute atomic E-state index is 0.0551. The molecule has 7 heteroatoms. The third-order valence-corrected chi connectivity index (χ3v) is 3.97. The molecule has 3 N–H and O–H groups in total. The Hall–Kier alpha value is -3.03. The lowest BCUT2D eigenvalue weighted by atomic mass is 10.0. The monoisotopic (exact) mass is 366 g/mol. The molecule has 0 atom stereocenters. The zero-order valence-corrected chi connectivity index (χ0v) is 14.9. The van der Waals surface area contributed by atoms with E-state index in [1.54, 1.807) is 0 Å². The van der Waals surface area contributed by atoms with E-state index in [0.29, 0.717) is 25.5 Å². The summed E-state index contributed by atoms with van der Waals surface area (Å²) in [6, 6.07) is 17.8. The largest absolute Gasteiger partial charge is 0.395 e. The van der Waals surface area contributed by atoms with Gasteiger partial charge in [0.25, 0.3) is 0 Å². The van der Waals surface area contributed by atoms with E-state index in [0.717, 1.165) is 23.1 Å². The second kappa shape index (κ2) is 9.61. The van der Waals surface area contributed by atoms with Crippen LogP contribution in [-0.4, -0.2) is 47.4 Å². The Labute approximate surface area is 157 Å². The summed E-state index contributed by atoms with van der Waals surface area (Å²) in [4.78, 5) is 16.2. The van der Waals surface area contributed by atoms with Gasteiger partial charge in [0, 0.05) is 18.7 Å². The summed E-state index contributed by atoms with van der Waals surface area (Å²) in [5, 5.41) is 18.3. The first kappa shape index (κ1) is 18.8. The van der Waals surface area contributed by atoms with Gasteiger partial charge in [0.15, 0.2) is 0 Å². The number of nitrogens with one attached hydrogen (secondary N) is 2. The minimum Gasteiger partial charge on any atom is -0.395 e. The number of aromatic nitrogens is 2. The van der Waals surface area contributed by atoms with Crippen molar-refractivity contribution in [3.05, 3.63) is 60.5 Å². The van der Waals surface area contributed by atoms with E-state index in [1.807, 2.05) is 54.6 Å². The molecule has 0 radical (unpaired) electrons. The quantitative estimate of drug-likeness (QED) is 0.502. The van der Waals surface area contributed by atoms with Gasteiger partial charge in [-0.05, 0) is 24.1 Å². The number of carbonyl (C=O) groups excluding carboxylic acids is 1. The fraction of sp³-hybridized carbons (Fsp3) is 0.250. The molecule has 27 heavy (non-hydrogen) atoms. The molecule has 1 amide bonds. The summed E-state index contributed by atoms with van der Waals surface area (Å²) in [7, 11) is 0. The summed E-state index contributed by atoms with van der Waals surface area (Å²) in [6.07, 6.45) is 0.744. The average Bonchev–Trinajstić information content (AvgIpc) is 3.22. The van der Waals surface area contributed by atoms with Gasteiger partial charge in [-0.2, -0.15) is 4.98 Å². The van der Waals surface area contributed by atoms with Crippen LogP contribution in [0, 0.1) is 0 Å². The zero-order chi connectivity index (χ0) is 18.9. The highest BCUT2D eigenvalue weighted by Gasteiger charge is 2.15. The second-order valence-electron chi connectivity index (χ2n) is 5.95. The van der Waals surface area contributed by atoms with Crippen LogP contribution in [0.5, 0.6) is 0 Å². The SMILES string of the molecule is O=C(NCCCNCCO)c1nc(-c2ccc(-c3ccccc3)cc2)no1. The number of aliphatic hydroxyl groups excluding tert-OH is 1. The summed E-state index contributed by atoms with van der Waals surface area (Å²) in [5.74, 6) is -0.0679. The number of nitrogens with zero attached hydrogens (tertiary/aromatic N) is 2. The van der Waals surface area contributed by atoms with E-state index < -0.39 is 5.91 Å². The molecule has 7 nitrogen and oxygen atoms in total. The molecule has 0 bridgehead atoms. The molecule has 2 aromatic carbocycles. The number of benzene rings is 2. The Kier molecular flexibility index (Phi) is 6.67. The van der Waals surface area contributed by atoms with Gasteiger partial charge in [-0.25, -0.2) is 0 Å². The zero-order valence-electron chi connectivity index (χ0n) is 14.9. The van der Waals surface area contributed by atoms with Gasteiger partial charge < -0.3 is 20.3 Å². The van der Waals surface area contributed by atoms with Crippen molar-refractivity contribution in [1.29, 1.82) is 0 Å². The van der Waals surface area contributed by atoms with Crippen molar-refractivity contribution in [2.45, 2.75) is 6.42 Å². The Morgan fingerprint density at radius 2 is 1.63 bits per heavy atom. The van der Waals surface area contributed by atoms with E-state index in [2.05, 4.69) is 20.8 Å². The van der Waals surface area contributed by atoms with Crippen molar-refractivity contribution in [2.75, 3.05) is 26.2 Å². The van der Waals surface area contributed by atoms with Crippen molar-refractivity contribution in [3.8, 4) is 22.5 Å². The highest BCUT2D eigenvalue weighted by Crippen LogP contribution is 2.23. The van der Waals surface area contributed by atoms with Crippen LogP contribution in [0.15, 0.2) is 59.1 Å². The van der Waals surface area contributed by atoms with E-state index in [-0.39, 0.29) is 12.5 Å². The van der Waals surface area contributed by atoms with Gasteiger partial charge in [-0.3, -0.25) is 4.79 Å². The Morgan fingerprint density at radius 3 is 2.37 bits per heavy atom. The minimum atomic E-state index is -0.392. The molecule has 1 heterocycles. The molecule has 140 valence electrons. The van der Waals surface area contributed by atoms with E-state index in [9.17, 15) is 4.79 Å². The van der Waals surface area contributed by atoms with Crippen molar-refractivity contribution in [1.82, 2.24) is 20.8 Å². The summed E-state index contributed by atoms with van der Waals surface area (Å²) in [5.41, 5.74) is 3.01. The van der Waals surface area contributed by atoms with E-state index in [1.165, 1.54) is 0 Å². The fourth-order valence-electron chi connectivity index (χ4n) is 2.57. The number of carbonyl (C=O) groups is 1. The lowest BCUT2D eigenvalue weighted by Crippen LogP contribution is -2.28. The van der Waals surface area contributed by atoms with Crippen LogP contribution >= 0.6 is 0 Å². The maximum absolute atomic E-state index is 12.0. The molecule has 0 fully saturated rings. The maximum atomic E-state index is 12.0. The van der Waals surface area contributed by atoms with Crippen molar-refractivity contribution in [3.63, 3.8) is 0 Å². The topological polar surface area (TPSA) is 100 Å². The van der Waals surface area contributed by atoms with Gasteiger partial charge >= 0.3 is 11.8 Å². The summed E-state index contributed by atoms with van der Waals surface area (Å²) >= 11 is 0. The van der Waals surface area contributed by atoms with Crippen LogP contribution in [0.25, 0.3) is 22.5 Å². The molecule has 0 unspecified atom stereocenters. The van der Waals surface area contributed by atoms with Crippen LogP contribution in [-0.2, 0) is 0 Å². The molecule has 0 saturated heterocycles. The molecule has 0 spiro atoms. The lowest BCUT2D eigenvalue weighted by molar-refractivity contribution is 0.0909. The van der Waals surface area contributed by atoms with Gasteiger partial charge in [0.1, 0.15) is 0 Å². The second-order valence-corrected chi connectivity index (χ2v) is 5.95. The highest BCUT2D eigenvalue weighted by molar-refractivity contribution is 5.89. The summed E-state index contributed by atoms with van der Waals surface area (Å²) < 4.78 is 5.07. The summed E-state index contributed by atoms with van der Waals surface area (Å²) in [6.45, 7) is 1.85. The average molecular weight is 366 g/mol. The van der Waals surface area contributed by atoms with E-state index in [4.69, 9.17) is 9.63 Å². The first-order chi connectivity index (χ1) is 13.3. The van der Waals surface area contributed by atoms with Gasteiger partial charge in [-0.1, -0.05) is 59.8 Å². The van der Waals surface area contributed by atoms with Crippen molar-refractivity contribution < 1.29 is 14.4 Å². The highest BCUT2D eigenvalue weighted by atomic mass is 16.5. The van der Waals surface area contributed by atoms with Crippen LogP contribution in [0.2, 0.25) is 0 Å². The predicted octanol–water partition coefficient (Wildman–Crippen LogP) is 2.11. The van der Waals surface area contributed by atoms with Crippen LogP contribution in [0.1, 0.15) is 17.1 Å². The number of hydrogen-bond donors (Lipinski definition) is 3. The van der Waals surface area contributed by atoms with Crippen LogP contribution < -0.4 is 10.6 Å². The van der Waals surface area contributed by atoms with Gasteiger partial charge in [-0.15, -0.1) is 0 Å². The molecule has 0 aliphatic rings. The first-order valence-corrected chi connectivity index (χ1v) is 8.87. The Bertz CT molecular complexity index is 847. The molecule has 0 aliphatic carbocycles. The Morgan fingerprint density at radius 1 is 0.926 bits per heavy atom. The normalized spacial score (nSPS) is 10.7. The predicted molar refractivity (Wildman–Crippen MR) is 102 cm³/mol. The van der Waals surface area contributed by atoms with E-state index >= 15 is 0 Å². The van der Waals surface area contributed by atoms with Crippen LogP contribution in [0.4, 0.5) is 0 Å². The maximum Gasteiger partial charge on any atom is 0.316 e. The number of hydrogen-bond acceptors (Lipinski definition) is 6. The molecule has 1 aromatic heterocycles. The first-order valence-electron chi connectivity index (χ1n) is 8.87. The Balaban J connectivity index is 1.56. The number of rotatable bonds is 9. The molecule has 3 rings (SSSR count). The standard InChI is InChI=1S/C20H22N4O3/c25-14-13-21-11-4-12-22-19(26)20-23-18(24-27-20)17-9-7-16(8-10-17)15-5-2-1-3-6-15/h1-3,5-10,21,25H,4,11-14H2,(H,22,26). The molecule has 3 aromatic rings. The molecular formula is C20H22N4O3. The molecular weight excluding hydrogens is 344 g/mol. The van der Waals surface area contributed by atoms with Gasteiger partial charge in [0.2, 0.25) is 5.82 Å². The van der Waals surface area contributed by atoms with Crippen molar-refractivity contribution >= 4 is 5.91 Å². The third-order valence-electron chi connectivity index (χ3n) is 3.97. The molecule has 0 saturated carbocycles. The van der Waals surface area contributed by atoms with Crippen LogP contribution in [0.3, 0.4) is 0 Å². The van der Waals surface area contributed by atoms with Crippen molar-refractivity contribution in [2.24, 2.45) is 0 Å². The lowest BCUT2D eigenvalue weighted by Gasteiger charge is -2.03. The smallest absolute Gasteiger partial charge is 0.316 e. The fourth-order valence-corrected chi connectivity index (χ4v) is 2.57. The molecule has 0 aliphatic heterocycles. The number of aliphatic hydroxyl groups is 1.